The summed E-state index contributed by atoms with van der Waals surface area (Å²) in [5.74, 6) is -0.217. The molecule has 0 saturated carbocycles. The molecule has 31 heavy (non-hydrogen) atoms. The smallest absolute Gasteiger partial charge is 0.330 e. The van der Waals surface area contributed by atoms with Gasteiger partial charge in [-0.2, -0.15) is 0 Å². The molecule has 2 aromatic heterocycles. The number of aromatic amines is 1. The maximum absolute atomic E-state index is 12.6. The molecule has 10 nitrogen and oxygen atoms in total. The molecule has 0 unspecified atom stereocenters. The fraction of sp³-hybridized carbons (Fsp3) is 0.571. The van der Waals surface area contributed by atoms with Crippen molar-refractivity contribution >= 4 is 23.0 Å². The molecule has 2 aromatic rings. The van der Waals surface area contributed by atoms with E-state index in [1.54, 1.807) is 4.57 Å². The topological polar surface area (TPSA) is 128 Å². The highest BCUT2D eigenvalue weighted by molar-refractivity contribution is 5.80. The van der Waals surface area contributed by atoms with Gasteiger partial charge in [-0.25, -0.2) is 9.78 Å². The van der Waals surface area contributed by atoms with Crippen LogP contribution in [0.5, 0.6) is 0 Å². The second-order valence-corrected chi connectivity index (χ2v) is 7.72. The van der Waals surface area contributed by atoms with Gasteiger partial charge in [-0.1, -0.05) is 33.3 Å². The molecule has 0 aromatic carbocycles. The number of nitrogens with one attached hydrogen (secondary N) is 2. The fourth-order valence-electron chi connectivity index (χ4n) is 3.16. The third-order valence-corrected chi connectivity index (χ3v) is 4.61. The van der Waals surface area contributed by atoms with Gasteiger partial charge in [-0.05, 0) is 12.3 Å². The van der Waals surface area contributed by atoms with Gasteiger partial charge in [0.05, 0.1) is 6.42 Å². The van der Waals surface area contributed by atoms with E-state index in [0.29, 0.717) is 36.6 Å². The van der Waals surface area contributed by atoms with Gasteiger partial charge < -0.3 is 14.6 Å². The zero-order valence-corrected chi connectivity index (χ0v) is 18.4. The summed E-state index contributed by atoms with van der Waals surface area (Å²) in [6.07, 6.45) is 3.40. The lowest BCUT2D eigenvalue weighted by atomic mass is 10.2. The second kappa shape index (κ2) is 11.3. The number of carbonyl (C=O) groups excluding carboxylic acids is 2. The predicted molar refractivity (Wildman–Crippen MR) is 117 cm³/mol. The number of fused-ring (bicyclic) bond motifs is 1. The van der Waals surface area contributed by atoms with Gasteiger partial charge in [0, 0.05) is 26.1 Å². The van der Waals surface area contributed by atoms with Gasteiger partial charge in [0.2, 0.25) is 0 Å². The largest absolute Gasteiger partial charge is 0.456 e. The molecule has 0 fully saturated rings. The number of nitrogens with zero attached hydrogens (tertiary/aromatic N) is 3. The number of carbonyl (C=O) groups is 2. The number of esters is 1. The third-order valence-electron chi connectivity index (χ3n) is 4.61. The number of hydrogen-bond acceptors (Lipinski definition) is 6. The molecule has 2 N–H and O–H groups in total. The van der Waals surface area contributed by atoms with E-state index in [0.717, 1.165) is 12.8 Å². The Labute approximate surface area is 180 Å². The Kier molecular flexibility index (Phi) is 8.77. The van der Waals surface area contributed by atoms with Crippen LogP contribution in [0.15, 0.2) is 22.2 Å². The number of amides is 1. The summed E-state index contributed by atoms with van der Waals surface area (Å²) in [7, 11) is 0. The van der Waals surface area contributed by atoms with E-state index in [-0.39, 0.29) is 25.4 Å². The summed E-state index contributed by atoms with van der Waals surface area (Å²) in [6, 6.07) is 0. The first kappa shape index (κ1) is 24.1. The van der Waals surface area contributed by atoms with Crippen LogP contribution in [0.1, 0.15) is 45.9 Å². The molecule has 0 aliphatic heterocycles. The molecule has 0 aliphatic rings. The van der Waals surface area contributed by atoms with Gasteiger partial charge in [0.25, 0.3) is 11.5 Å². The van der Waals surface area contributed by atoms with Gasteiger partial charge in [-0.15, -0.1) is 6.58 Å². The molecule has 0 bridgehead atoms. The van der Waals surface area contributed by atoms with Crippen LogP contribution in [0.3, 0.4) is 0 Å². The van der Waals surface area contributed by atoms with Gasteiger partial charge >= 0.3 is 11.7 Å². The van der Waals surface area contributed by atoms with E-state index >= 15 is 0 Å². The minimum absolute atomic E-state index is 0.00669. The molecule has 2 heterocycles. The first-order chi connectivity index (χ1) is 14.8. The number of rotatable bonds is 12. The maximum Gasteiger partial charge on any atom is 0.330 e. The van der Waals surface area contributed by atoms with Crippen molar-refractivity contribution in [3.63, 3.8) is 0 Å². The van der Waals surface area contributed by atoms with Crippen LogP contribution < -0.4 is 16.6 Å². The number of hydrogen-bond donors (Lipinski definition) is 2. The summed E-state index contributed by atoms with van der Waals surface area (Å²) in [6.45, 7) is 10.4. The summed E-state index contributed by atoms with van der Waals surface area (Å²) in [5.41, 5.74) is -0.322. The van der Waals surface area contributed by atoms with Crippen molar-refractivity contribution in [2.24, 2.45) is 5.92 Å². The van der Waals surface area contributed by atoms with Crippen LogP contribution >= 0.6 is 0 Å². The van der Waals surface area contributed by atoms with Crippen molar-refractivity contribution in [3.05, 3.63) is 39.3 Å². The lowest BCUT2D eigenvalue weighted by Gasteiger charge is -2.11. The van der Waals surface area contributed by atoms with E-state index in [1.807, 2.05) is 20.8 Å². The van der Waals surface area contributed by atoms with Crippen LogP contribution in [-0.2, 0) is 33.8 Å². The summed E-state index contributed by atoms with van der Waals surface area (Å²) in [4.78, 5) is 55.5. The molecule has 170 valence electrons. The van der Waals surface area contributed by atoms with Crippen LogP contribution in [0.4, 0.5) is 0 Å². The standard InChI is InChI=1S/C21H31N5O5/c1-5-7-11-25-19-18(20(29)24-21(25)30)26(12-14(3)4)15(23-19)8-9-17(28)31-13-16(27)22-10-6-2/h6,14H,2,5,7-13H2,1,3-4H3,(H,22,27)(H,24,29,30). The summed E-state index contributed by atoms with van der Waals surface area (Å²) in [5, 5.41) is 2.52. The quantitative estimate of drug-likeness (QED) is 0.381. The third kappa shape index (κ3) is 6.40. The Hall–Kier alpha value is -3.17. The van der Waals surface area contributed by atoms with E-state index < -0.39 is 23.1 Å². The van der Waals surface area contributed by atoms with E-state index in [4.69, 9.17) is 4.74 Å². The van der Waals surface area contributed by atoms with Crippen LogP contribution in [-0.4, -0.2) is 44.1 Å². The van der Waals surface area contributed by atoms with Gasteiger partial charge in [0.15, 0.2) is 17.8 Å². The number of imidazole rings is 1. The van der Waals surface area contributed by atoms with Crippen molar-refractivity contribution < 1.29 is 14.3 Å². The Bertz CT molecular complexity index is 1050. The minimum Gasteiger partial charge on any atom is -0.456 e. The number of ether oxygens (including phenoxy) is 1. The zero-order valence-electron chi connectivity index (χ0n) is 18.4. The van der Waals surface area contributed by atoms with Crippen molar-refractivity contribution in [1.29, 1.82) is 0 Å². The molecular weight excluding hydrogens is 402 g/mol. The molecule has 2 rings (SSSR count). The highest BCUT2D eigenvalue weighted by Crippen LogP contribution is 2.16. The predicted octanol–water partition coefficient (Wildman–Crippen LogP) is 1.12. The molecule has 0 aliphatic carbocycles. The summed E-state index contributed by atoms with van der Waals surface area (Å²) >= 11 is 0. The van der Waals surface area contributed by atoms with Crippen molar-refractivity contribution in [3.8, 4) is 0 Å². The molecule has 10 heteroatoms. The number of aromatic nitrogens is 4. The van der Waals surface area contributed by atoms with E-state index in [1.165, 1.54) is 10.6 Å². The number of H-pyrrole nitrogens is 1. The summed E-state index contributed by atoms with van der Waals surface area (Å²) < 4.78 is 8.24. The van der Waals surface area contributed by atoms with Crippen LogP contribution in [0.2, 0.25) is 0 Å². The minimum atomic E-state index is -0.547. The lowest BCUT2D eigenvalue weighted by molar-refractivity contribution is -0.148. The SMILES string of the molecule is C=CCNC(=O)COC(=O)CCc1nc2c(c(=O)[nH]c(=O)n2CCCC)n1CC(C)C. The fourth-order valence-corrected chi connectivity index (χ4v) is 3.16. The van der Waals surface area contributed by atoms with Crippen molar-refractivity contribution in [2.75, 3.05) is 13.2 Å². The Morgan fingerprint density at radius 3 is 2.68 bits per heavy atom. The van der Waals surface area contributed by atoms with Crippen molar-refractivity contribution in [1.82, 2.24) is 24.4 Å². The molecule has 1 amide bonds. The highest BCUT2D eigenvalue weighted by atomic mass is 16.5. The van der Waals surface area contributed by atoms with Crippen LogP contribution in [0, 0.1) is 5.92 Å². The molecule has 0 radical (unpaired) electrons. The van der Waals surface area contributed by atoms with Gasteiger partial charge in [0.1, 0.15) is 5.82 Å². The van der Waals surface area contributed by atoms with Gasteiger partial charge in [-0.3, -0.25) is 23.9 Å². The zero-order chi connectivity index (χ0) is 23.0. The molecule has 0 saturated heterocycles. The molecule has 0 spiro atoms. The monoisotopic (exact) mass is 433 g/mol. The lowest BCUT2D eigenvalue weighted by Crippen LogP contribution is -2.31. The first-order valence-corrected chi connectivity index (χ1v) is 10.5. The second-order valence-electron chi connectivity index (χ2n) is 7.72. The normalized spacial score (nSPS) is 11.1. The highest BCUT2D eigenvalue weighted by Gasteiger charge is 2.20. The number of unbranched alkanes of at least 4 members (excludes halogenated alkanes) is 1. The van der Waals surface area contributed by atoms with E-state index in [2.05, 4.69) is 21.9 Å². The van der Waals surface area contributed by atoms with Crippen LogP contribution in [0.25, 0.3) is 11.2 Å². The number of aryl methyl sites for hydroxylation is 2. The Morgan fingerprint density at radius 2 is 2.03 bits per heavy atom. The van der Waals surface area contributed by atoms with Crippen molar-refractivity contribution in [2.45, 2.75) is 59.5 Å². The molecule has 0 atom stereocenters. The maximum atomic E-state index is 12.6. The van der Waals surface area contributed by atoms with E-state index in [9.17, 15) is 19.2 Å². The average molecular weight is 434 g/mol. The molecular formula is C21H31N5O5. The first-order valence-electron chi connectivity index (χ1n) is 10.5. The Balaban J connectivity index is 2.27. The Morgan fingerprint density at radius 1 is 1.29 bits per heavy atom. The average Bonchev–Trinajstić information content (AvgIpc) is 3.06.